The molecule has 1 N–H and O–H groups in total. The first-order valence-electron chi connectivity index (χ1n) is 10.7. The van der Waals surface area contributed by atoms with E-state index in [1.54, 1.807) is 0 Å². The molecule has 2 aromatic heterocycles. The van der Waals surface area contributed by atoms with Crippen molar-refractivity contribution in [1.82, 2.24) is 24.6 Å². The number of likely N-dealkylation sites (N-methyl/N-ethyl adjacent to an activating group) is 1. The van der Waals surface area contributed by atoms with E-state index in [1.165, 1.54) is 23.1 Å². The molecule has 164 valence electrons. The maximum Gasteiger partial charge on any atom is 0.348 e. The number of anilines is 1. The van der Waals surface area contributed by atoms with Crippen LogP contribution in [0.15, 0.2) is 9.82 Å². The average Bonchev–Trinajstić information content (AvgIpc) is 3.38. The van der Waals surface area contributed by atoms with Crippen LogP contribution in [0, 0.1) is 0 Å². The number of amides is 1. The molecule has 3 rings (SSSR count). The first-order valence-corrected chi connectivity index (χ1v) is 12.5. The van der Waals surface area contributed by atoms with Gasteiger partial charge in [0, 0.05) is 30.8 Å². The maximum absolute atomic E-state index is 12.7. The topological polar surface area (TPSA) is 93.0 Å². The highest BCUT2D eigenvalue weighted by Crippen LogP contribution is 2.29. The van der Waals surface area contributed by atoms with Gasteiger partial charge in [0.05, 0.1) is 5.75 Å². The lowest BCUT2D eigenvalue weighted by molar-refractivity contribution is -0.113. The Morgan fingerprint density at radius 2 is 2.03 bits per heavy atom. The molecule has 0 saturated carbocycles. The van der Waals surface area contributed by atoms with Gasteiger partial charge in [-0.05, 0) is 38.8 Å². The number of thioether (sulfide) groups is 1. The number of nitrogens with one attached hydrogen (secondary N) is 1. The molecule has 2 aromatic rings. The zero-order valence-electron chi connectivity index (χ0n) is 17.9. The number of hydrogen-bond acceptors (Lipinski definition) is 8. The highest BCUT2D eigenvalue weighted by Gasteiger charge is 2.22. The summed E-state index contributed by atoms with van der Waals surface area (Å²) < 4.78 is 1.83. The molecule has 0 aromatic carbocycles. The predicted molar refractivity (Wildman–Crippen MR) is 122 cm³/mol. The summed E-state index contributed by atoms with van der Waals surface area (Å²) in [5.41, 5.74) is 2.02. The molecule has 8 nitrogen and oxygen atoms in total. The summed E-state index contributed by atoms with van der Waals surface area (Å²) in [6.07, 6.45) is 4.69. The Hall–Kier alpha value is -1.78. The minimum Gasteiger partial charge on any atom is -0.302 e. The first kappa shape index (κ1) is 22.9. The predicted octanol–water partition coefficient (Wildman–Crippen LogP) is 2.61. The second kappa shape index (κ2) is 11.0. The summed E-state index contributed by atoms with van der Waals surface area (Å²) in [5, 5.41) is 13.0. The van der Waals surface area contributed by atoms with E-state index in [2.05, 4.69) is 46.2 Å². The molecule has 0 unspecified atom stereocenters. The third-order valence-electron chi connectivity index (χ3n) is 5.25. The standard InChI is InChI=1S/C20H30N6O2S2/c1-4-8-17-23-24-19(30-17)21-16(27)13-29-18-14-9-7-10-15(14)26(20(28)22-18)12-11-25(5-2)6-3/h4-13H2,1-3H3,(H,21,24,27). The fraction of sp³-hybridized carbons (Fsp3) is 0.650. The van der Waals surface area contributed by atoms with Crippen LogP contribution in [0.5, 0.6) is 0 Å². The maximum atomic E-state index is 12.7. The van der Waals surface area contributed by atoms with Gasteiger partial charge in [0.25, 0.3) is 0 Å². The van der Waals surface area contributed by atoms with Crippen molar-refractivity contribution in [3.63, 3.8) is 0 Å². The SMILES string of the molecule is CCCc1nnc(NC(=O)CSc2nc(=O)n(CCN(CC)CC)c3c2CCC3)s1. The summed E-state index contributed by atoms with van der Waals surface area (Å²) in [6.45, 7) is 9.80. The van der Waals surface area contributed by atoms with E-state index < -0.39 is 0 Å². The monoisotopic (exact) mass is 450 g/mol. The van der Waals surface area contributed by atoms with Gasteiger partial charge < -0.3 is 4.90 Å². The summed E-state index contributed by atoms with van der Waals surface area (Å²) >= 11 is 2.74. The lowest BCUT2D eigenvalue weighted by Gasteiger charge is -2.20. The minimum absolute atomic E-state index is 0.154. The molecule has 1 amide bonds. The van der Waals surface area contributed by atoms with Crippen LogP contribution in [0.3, 0.4) is 0 Å². The van der Waals surface area contributed by atoms with E-state index in [-0.39, 0.29) is 17.3 Å². The van der Waals surface area contributed by atoms with Crippen molar-refractivity contribution in [3.8, 4) is 0 Å². The molecule has 1 aliphatic carbocycles. The van der Waals surface area contributed by atoms with Crippen molar-refractivity contribution in [3.05, 3.63) is 26.7 Å². The van der Waals surface area contributed by atoms with E-state index in [4.69, 9.17) is 0 Å². The minimum atomic E-state index is -0.209. The molecular weight excluding hydrogens is 420 g/mol. The van der Waals surface area contributed by atoms with Crippen molar-refractivity contribution in [1.29, 1.82) is 0 Å². The molecular formula is C20H30N6O2S2. The van der Waals surface area contributed by atoms with Crippen LogP contribution in [0.1, 0.15) is 49.9 Å². The van der Waals surface area contributed by atoms with Gasteiger partial charge in [0.2, 0.25) is 11.0 Å². The molecule has 1 aliphatic rings. The fourth-order valence-corrected chi connectivity index (χ4v) is 5.36. The van der Waals surface area contributed by atoms with E-state index >= 15 is 0 Å². The van der Waals surface area contributed by atoms with Crippen molar-refractivity contribution in [2.24, 2.45) is 0 Å². The van der Waals surface area contributed by atoms with Gasteiger partial charge in [0.15, 0.2) is 0 Å². The number of fused-ring (bicyclic) bond motifs is 1. The molecule has 0 radical (unpaired) electrons. The summed E-state index contributed by atoms with van der Waals surface area (Å²) in [7, 11) is 0. The molecule has 2 heterocycles. The molecule has 0 spiro atoms. The summed E-state index contributed by atoms with van der Waals surface area (Å²) in [6, 6.07) is 0. The molecule has 0 bridgehead atoms. The van der Waals surface area contributed by atoms with Gasteiger partial charge in [-0.2, -0.15) is 4.98 Å². The van der Waals surface area contributed by atoms with Gasteiger partial charge in [-0.3, -0.25) is 14.7 Å². The van der Waals surface area contributed by atoms with E-state index in [9.17, 15) is 9.59 Å². The highest BCUT2D eigenvalue weighted by atomic mass is 32.2. The second-order valence-corrected chi connectivity index (χ2v) is 9.27. The number of aromatic nitrogens is 4. The van der Waals surface area contributed by atoms with Crippen LogP contribution >= 0.6 is 23.1 Å². The van der Waals surface area contributed by atoms with Crippen molar-refractivity contribution in [2.75, 3.05) is 30.7 Å². The van der Waals surface area contributed by atoms with Crippen LogP contribution < -0.4 is 11.0 Å². The molecule has 0 saturated heterocycles. The molecule has 10 heteroatoms. The van der Waals surface area contributed by atoms with Gasteiger partial charge >= 0.3 is 5.69 Å². The Morgan fingerprint density at radius 3 is 2.77 bits per heavy atom. The number of carbonyl (C=O) groups excluding carboxylic acids is 1. The number of hydrogen-bond donors (Lipinski definition) is 1. The zero-order chi connectivity index (χ0) is 21.5. The quantitative estimate of drug-likeness (QED) is 0.415. The number of carbonyl (C=O) groups is 1. The zero-order valence-corrected chi connectivity index (χ0v) is 19.6. The average molecular weight is 451 g/mol. The van der Waals surface area contributed by atoms with Crippen LogP contribution in [0.25, 0.3) is 0 Å². The van der Waals surface area contributed by atoms with Crippen molar-refractivity contribution >= 4 is 34.1 Å². The van der Waals surface area contributed by atoms with E-state index in [0.717, 1.165) is 68.0 Å². The third kappa shape index (κ3) is 5.67. The lowest BCUT2D eigenvalue weighted by atomic mass is 10.2. The Bertz CT molecular complexity index is 923. The van der Waals surface area contributed by atoms with Crippen LogP contribution in [0.2, 0.25) is 0 Å². The van der Waals surface area contributed by atoms with E-state index in [1.807, 2.05) is 4.57 Å². The smallest absolute Gasteiger partial charge is 0.302 e. The summed E-state index contributed by atoms with van der Waals surface area (Å²) in [4.78, 5) is 31.7. The Labute approximate surface area is 185 Å². The Kier molecular flexibility index (Phi) is 8.41. The summed E-state index contributed by atoms with van der Waals surface area (Å²) in [5.74, 6) is 0.0452. The largest absolute Gasteiger partial charge is 0.348 e. The molecule has 0 aliphatic heterocycles. The highest BCUT2D eigenvalue weighted by molar-refractivity contribution is 8.00. The fourth-order valence-electron chi connectivity index (χ4n) is 3.63. The Balaban J connectivity index is 1.65. The van der Waals surface area contributed by atoms with Crippen molar-refractivity contribution in [2.45, 2.75) is 64.4 Å². The normalized spacial score (nSPS) is 13.1. The number of nitrogens with zero attached hydrogens (tertiary/aromatic N) is 5. The van der Waals surface area contributed by atoms with Crippen LogP contribution in [0.4, 0.5) is 5.13 Å². The van der Waals surface area contributed by atoms with Crippen LogP contribution in [-0.4, -0.2) is 55.9 Å². The molecule has 0 atom stereocenters. The van der Waals surface area contributed by atoms with Gasteiger partial charge in [-0.25, -0.2) is 4.79 Å². The van der Waals surface area contributed by atoms with E-state index in [0.29, 0.717) is 16.7 Å². The van der Waals surface area contributed by atoms with Gasteiger partial charge in [0.1, 0.15) is 10.0 Å². The number of rotatable bonds is 11. The lowest BCUT2D eigenvalue weighted by Crippen LogP contribution is -2.34. The Morgan fingerprint density at radius 1 is 1.23 bits per heavy atom. The third-order valence-corrected chi connectivity index (χ3v) is 7.17. The second-order valence-electron chi connectivity index (χ2n) is 7.24. The van der Waals surface area contributed by atoms with Gasteiger partial charge in [-0.1, -0.05) is 43.9 Å². The first-order chi connectivity index (χ1) is 14.5. The van der Waals surface area contributed by atoms with Gasteiger partial charge in [-0.15, -0.1) is 10.2 Å². The molecule has 0 fully saturated rings. The molecule has 30 heavy (non-hydrogen) atoms. The number of aryl methyl sites for hydroxylation is 1. The van der Waals surface area contributed by atoms with Crippen molar-refractivity contribution < 1.29 is 4.79 Å². The van der Waals surface area contributed by atoms with Crippen LogP contribution in [-0.2, 0) is 30.6 Å².